The van der Waals surface area contributed by atoms with Gasteiger partial charge in [-0.1, -0.05) is 165 Å². The summed E-state index contributed by atoms with van der Waals surface area (Å²) < 4.78 is 11.3. The highest BCUT2D eigenvalue weighted by Gasteiger charge is 2.15. The predicted molar refractivity (Wildman–Crippen MR) is 241 cm³/mol. The second kappa shape index (κ2) is 39.1. The number of allylic oxidation sites excluding steroid dienone is 4. The number of aliphatic imine (C=N–C) groups is 1. The van der Waals surface area contributed by atoms with Crippen molar-refractivity contribution in [3.8, 4) is 0 Å². The molecule has 56 heavy (non-hydrogen) atoms. The Labute approximate surface area is 345 Å². The number of nitrogens with two attached hydrogens (primary N) is 1. The number of hydrogen-bond donors (Lipinski definition) is 1. The first-order chi connectivity index (χ1) is 27.4. The molecule has 1 rings (SSSR count). The van der Waals surface area contributed by atoms with Gasteiger partial charge in [0.25, 0.3) is 0 Å². The van der Waals surface area contributed by atoms with Crippen molar-refractivity contribution in [3.05, 3.63) is 59.7 Å². The van der Waals surface area contributed by atoms with Crippen LogP contribution in [0.5, 0.6) is 0 Å². The second-order valence-electron chi connectivity index (χ2n) is 16.3. The number of carbonyl (C=O) groups is 2. The van der Waals surface area contributed by atoms with Gasteiger partial charge in [0.05, 0.1) is 13.2 Å². The number of unbranched alkanes of at least 4 members (excludes halogenated alkanes) is 22. The SMILES string of the molecule is CCCCCCCC/C=C\CCCCCCCC(=O)OCC(CN=Cc1ccc(CC(C)N)cc1)COC(=O)CCCCCCC/C=C\CCCCCCCC. The van der Waals surface area contributed by atoms with E-state index in [4.69, 9.17) is 15.2 Å². The third-order valence-corrected chi connectivity index (χ3v) is 10.4. The molecule has 1 atom stereocenters. The highest BCUT2D eigenvalue weighted by Crippen LogP contribution is 2.13. The average molecular weight is 779 g/mol. The summed E-state index contributed by atoms with van der Waals surface area (Å²) in [6.07, 6.45) is 44.8. The average Bonchev–Trinajstić information content (AvgIpc) is 3.19. The predicted octanol–water partition coefficient (Wildman–Crippen LogP) is 13.8. The van der Waals surface area contributed by atoms with Crippen LogP contribution in [0, 0.1) is 5.92 Å². The molecule has 0 amide bonds. The lowest BCUT2D eigenvalue weighted by atomic mass is 10.1. The van der Waals surface area contributed by atoms with Gasteiger partial charge in [0.2, 0.25) is 0 Å². The van der Waals surface area contributed by atoms with Gasteiger partial charge in [-0.2, -0.15) is 0 Å². The quantitative estimate of drug-likeness (QED) is 0.0311. The van der Waals surface area contributed by atoms with E-state index in [1.807, 2.05) is 25.3 Å². The van der Waals surface area contributed by atoms with Crippen LogP contribution >= 0.6 is 0 Å². The van der Waals surface area contributed by atoms with Gasteiger partial charge in [0.15, 0.2) is 0 Å². The molecule has 1 aromatic carbocycles. The first-order valence-electron chi connectivity index (χ1n) is 23.4. The molecule has 6 heteroatoms. The molecule has 0 saturated heterocycles. The Bertz CT molecular complexity index is 1070. The van der Waals surface area contributed by atoms with E-state index in [1.165, 1.54) is 121 Å². The van der Waals surface area contributed by atoms with Gasteiger partial charge in [0.1, 0.15) is 0 Å². The zero-order valence-corrected chi connectivity index (χ0v) is 36.6. The minimum atomic E-state index is -0.181. The van der Waals surface area contributed by atoms with E-state index in [2.05, 4.69) is 55.3 Å². The summed E-state index contributed by atoms with van der Waals surface area (Å²) in [6, 6.07) is 8.36. The third-order valence-electron chi connectivity index (χ3n) is 10.4. The standard InChI is InChI=1S/C50H86N2O4/c1-4-6-8-10-12-14-16-18-20-22-24-26-28-30-32-34-49(53)55-43-48(42-52-41-47-38-36-46(37-39-47)40-45(3)51)44-56-50(54)35-33-31-29-27-25-23-21-19-17-15-13-11-9-7-5-2/h18-21,36-39,41,45,48H,4-17,22-35,40,42-44,51H2,1-3H3/b20-18-,21-19-,52-41?. The van der Waals surface area contributed by atoms with E-state index >= 15 is 0 Å². The molecule has 0 spiro atoms. The molecule has 0 saturated carbocycles. The van der Waals surface area contributed by atoms with Crippen LogP contribution in [-0.2, 0) is 25.5 Å². The third kappa shape index (κ3) is 34.5. The topological polar surface area (TPSA) is 91.0 Å². The molecule has 0 bridgehead atoms. The lowest BCUT2D eigenvalue weighted by molar-refractivity contribution is -0.148. The Morgan fingerprint density at radius 2 is 0.946 bits per heavy atom. The van der Waals surface area contributed by atoms with Crippen molar-refractivity contribution in [1.82, 2.24) is 0 Å². The van der Waals surface area contributed by atoms with E-state index < -0.39 is 0 Å². The van der Waals surface area contributed by atoms with E-state index in [0.29, 0.717) is 19.4 Å². The molecular weight excluding hydrogens is 693 g/mol. The Morgan fingerprint density at radius 1 is 0.571 bits per heavy atom. The van der Waals surface area contributed by atoms with Gasteiger partial charge in [-0.25, -0.2) is 0 Å². The van der Waals surface area contributed by atoms with Gasteiger partial charge in [-0.05, 0) is 88.7 Å². The summed E-state index contributed by atoms with van der Waals surface area (Å²) in [7, 11) is 0. The zero-order chi connectivity index (χ0) is 40.6. The lowest BCUT2D eigenvalue weighted by Gasteiger charge is -2.15. The second-order valence-corrected chi connectivity index (χ2v) is 16.3. The fraction of sp³-hybridized carbons (Fsp3) is 0.740. The van der Waals surface area contributed by atoms with Crippen molar-refractivity contribution in [2.45, 2.75) is 213 Å². The highest BCUT2D eigenvalue weighted by molar-refractivity contribution is 5.79. The Hall–Kier alpha value is -2.73. The molecular formula is C50H86N2O4. The maximum atomic E-state index is 12.6. The summed E-state index contributed by atoms with van der Waals surface area (Å²) in [5.74, 6) is -0.540. The van der Waals surface area contributed by atoms with Crippen LogP contribution in [0.4, 0.5) is 0 Å². The summed E-state index contributed by atoms with van der Waals surface area (Å²) in [5.41, 5.74) is 8.14. The van der Waals surface area contributed by atoms with Gasteiger partial charge in [-0.15, -0.1) is 0 Å². The summed E-state index contributed by atoms with van der Waals surface area (Å²) in [5, 5.41) is 0. The van der Waals surface area contributed by atoms with Crippen molar-refractivity contribution in [3.63, 3.8) is 0 Å². The molecule has 0 aliphatic rings. The first kappa shape index (κ1) is 51.3. The van der Waals surface area contributed by atoms with Gasteiger partial charge in [-0.3, -0.25) is 14.6 Å². The monoisotopic (exact) mass is 779 g/mol. The molecule has 320 valence electrons. The molecule has 0 aromatic heterocycles. The molecule has 0 radical (unpaired) electrons. The minimum absolute atomic E-state index is 0.120. The summed E-state index contributed by atoms with van der Waals surface area (Å²) >= 11 is 0. The Balaban J connectivity index is 2.32. The highest BCUT2D eigenvalue weighted by atomic mass is 16.5. The number of benzene rings is 1. The van der Waals surface area contributed by atoms with Gasteiger partial charge >= 0.3 is 11.9 Å². The molecule has 0 heterocycles. The number of nitrogens with zero attached hydrogens (tertiary/aromatic N) is 1. The van der Waals surface area contributed by atoms with E-state index in [0.717, 1.165) is 63.4 Å². The molecule has 0 fully saturated rings. The van der Waals surface area contributed by atoms with Crippen molar-refractivity contribution in [2.75, 3.05) is 19.8 Å². The van der Waals surface area contributed by atoms with Crippen LogP contribution in [0.25, 0.3) is 0 Å². The van der Waals surface area contributed by atoms with Crippen molar-refractivity contribution in [1.29, 1.82) is 0 Å². The summed E-state index contributed by atoms with van der Waals surface area (Å²) in [6.45, 7) is 7.36. The van der Waals surface area contributed by atoms with Crippen LogP contribution in [-0.4, -0.2) is 44.0 Å². The fourth-order valence-electron chi connectivity index (χ4n) is 6.82. The minimum Gasteiger partial charge on any atom is -0.465 e. The normalized spacial score (nSPS) is 12.4. The number of hydrogen-bond acceptors (Lipinski definition) is 6. The first-order valence-corrected chi connectivity index (χ1v) is 23.4. The number of esters is 2. The fourth-order valence-corrected chi connectivity index (χ4v) is 6.82. The van der Waals surface area contributed by atoms with Crippen LogP contribution in [0.15, 0.2) is 53.6 Å². The van der Waals surface area contributed by atoms with E-state index in [9.17, 15) is 9.59 Å². The van der Waals surface area contributed by atoms with Gasteiger partial charge < -0.3 is 15.2 Å². The van der Waals surface area contributed by atoms with Gasteiger partial charge in [0, 0.05) is 37.6 Å². The zero-order valence-electron chi connectivity index (χ0n) is 36.6. The summed E-state index contributed by atoms with van der Waals surface area (Å²) in [4.78, 5) is 29.8. The molecule has 6 nitrogen and oxygen atoms in total. The van der Waals surface area contributed by atoms with Crippen molar-refractivity contribution < 1.29 is 19.1 Å². The van der Waals surface area contributed by atoms with Crippen LogP contribution in [0.3, 0.4) is 0 Å². The molecule has 0 aliphatic heterocycles. The lowest BCUT2D eigenvalue weighted by Crippen LogP contribution is -2.23. The van der Waals surface area contributed by atoms with E-state index in [-0.39, 0.29) is 37.1 Å². The maximum Gasteiger partial charge on any atom is 0.305 e. The largest absolute Gasteiger partial charge is 0.465 e. The number of rotatable bonds is 39. The number of ether oxygens (including phenoxy) is 2. The smallest absolute Gasteiger partial charge is 0.305 e. The molecule has 2 N–H and O–H groups in total. The van der Waals surface area contributed by atoms with Crippen LogP contribution in [0.1, 0.15) is 212 Å². The van der Waals surface area contributed by atoms with E-state index in [1.54, 1.807) is 0 Å². The molecule has 1 aromatic rings. The Kier molecular flexibility index (Phi) is 35.8. The van der Waals surface area contributed by atoms with Crippen LogP contribution in [0.2, 0.25) is 0 Å². The number of carbonyl (C=O) groups excluding carboxylic acids is 2. The van der Waals surface area contributed by atoms with Crippen LogP contribution < -0.4 is 5.73 Å². The van der Waals surface area contributed by atoms with Crippen molar-refractivity contribution in [2.24, 2.45) is 16.6 Å². The van der Waals surface area contributed by atoms with Crippen molar-refractivity contribution >= 4 is 18.2 Å². The Morgan fingerprint density at radius 3 is 1.34 bits per heavy atom. The molecule has 1 unspecified atom stereocenters. The maximum absolute atomic E-state index is 12.6. The molecule has 0 aliphatic carbocycles.